The predicted molar refractivity (Wildman–Crippen MR) is 75.7 cm³/mol. The Kier molecular flexibility index (Phi) is 4.31. The lowest BCUT2D eigenvalue weighted by Gasteiger charge is -2.12. The SMILES string of the molecule is C[C@@H](O)c1cccnc1Oc1cc([N+](=O)[O-])ccc1Br. The van der Waals surface area contributed by atoms with Crippen LogP contribution in [-0.2, 0) is 0 Å². The first kappa shape index (κ1) is 14.4. The third-order valence-electron chi connectivity index (χ3n) is 2.58. The fraction of sp³-hybridized carbons (Fsp3) is 0.154. The van der Waals surface area contributed by atoms with Crippen LogP contribution in [0.2, 0.25) is 0 Å². The van der Waals surface area contributed by atoms with Crippen LogP contribution in [0.25, 0.3) is 0 Å². The molecule has 0 spiro atoms. The van der Waals surface area contributed by atoms with Gasteiger partial charge >= 0.3 is 0 Å². The molecule has 0 unspecified atom stereocenters. The molecular formula is C13H11BrN2O4. The van der Waals surface area contributed by atoms with Crippen molar-refractivity contribution in [2.45, 2.75) is 13.0 Å². The predicted octanol–water partition coefficient (Wildman–Crippen LogP) is 3.60. The van der Waals surface area contributed by atoms with Gasteiger partial charge in [-0.15, -0.1) is 0 Å². The zero-order valence-corrected chi connectivity index (χ0v) is 12.1. The molecule has 0 radical (unpaired) electrons. The molecule has 2 aromatic rings. The topological polar surface area (TPSA) is 85.5 Å². The molecular weight excluding hydrogens is 328 g/mol. The molecule has 0 saturated carbocycles. The van der Waals surface area contributed by atoms with Gasteiger partial charge in [0.05, 0.1) is 21.6 Å². The van der Waals surface area contributed by atoms with Gasteiger partial charge in [0.1, 0.15) is 0 Å². The molecule has 0 fully saturated rings. The van der Waals surface area contributed by atoms with Gasteiger partial charge < -0.3 is 9.84 Å². The smallest absolute Gasteiger partial charge is 0.273 e. The lowest BCUT2D eigenvalue weighted by molar-refractivity contribution is -0.384. The Bertz CT molecular complexity index is 646. The van der Waals surface area contributed by atoms with E-state index in [1.54, 1.807) is 19.1 Å². The minimum atomic E-state index is -0.754. The Balaban J connectivity index is 2.40. The van der Waals surface area contributed by atoms with E-state index in [2.05, 4.69) is 20.9 Å². The summed E-state index contributed by atoms with van der Waals surface area (Å²) in [6.07, 6.45) is 0.767. The summed E-state index contributed by atoms with van der Waals surface area (Å²) in [5.74, 6) is 0.475. The summed E-state index contributed by atoms with van der Waals surface area (Å²) in [7, 11) is 0. The Morgan fingerprint density at radius 3 is 2.85 bits per heavy atom. The summed E-state index contributed by atoms with van der Waals surface area (Å²) in [5, 5.41) is 20.4. The number of hydrogen-bond donors (Lipinski definition) is 1. The second-order valence-electron chi connectivity index (χ2n) is 4.05. The molecule has 0 saturated heterocycles. The van der Waals surface area contributed by atoms with Crippen molar-refractivity contribution in [2.24, 2.45) is 0 Å². The number of ether oxygens (including phenoxy) is 1. The molecule has 1 aromatic carbocycles. The second kappa shape index (κ2) is 5.98. The Morgan fingerprint density at radius 1 is 1.45 bits per heavy atom. The molecule has 1 aromatic heterocycles. The number of benzene rings is 1. The number of nitro groups is 1. The van der Waals surface area contributed by atoms with E-state index in [1.807, 2.05) is 0 Å². The van der Waals surface area contributed by atoms with Gasteiger partial charge in [0.25, 0.3) is 5.69 Å². The number of aliphatic hydroxyl groups is 1. The van der Waals surface area contributed by atoms with Crippen molar-refractivity contribution >= 4 is 21.6 Å². The van der Waals surface area contributed by atoms with E-state index in [0.717, 1.165) is 0 Å². The maximum absolute atomic E-state index is 10.8. The van der Waals surface area contributed by atoms with Crippen molar-refractivity contribution in [3.05, 3.63) is 56.7 Å². The molecule has 1 atom stereocenters. The largest absolute Gasteiger partial charge is 0.437 e. The van der Waals surface area contributed by atoms with E-state index in [4.69, 9.17) is 4.74 Å². The van der Waals surface area contributed by atoms with Crippen molar-refractivity contribution in [2.75, 3.05) is 0 Å². The van der Waals surface area contributed by atoms with Gasteiger partial charge in [0, 0.05) is 17.8 Å². The van der Waals surface area contributed by atoms with Crippen LogP contribution >= 0.6 is 15.9 Å². The van der Waals surface area contributed by atoms with E-state index >= 15 is 0 Å². The molecule has 20 heavy (non-hydrogen) atoms. The third-order valence-corrected chi connectivity index (χ3v) is 3.24. The van der Waals surface area contributed by atoms with Crippen molar-refractivity contribution in [3.8, 4) is 11.6 Å². The fourth-order valence-electron chi connectivity index (χ4n) is 1.59. The first-order valence-electron chi connectivity index (χ1n) is 5.74. The van der Waals surface area contributed by atoms with Crippen LogP contribution in [0.1, 0.15) is 18.6 Å². The van der Waals surface area contributed by atoms with Crippen LogP contribution in [0.15, 0.2) is 41.0 Å². The van der Waals surface area contributed by atoms with E-state index in [-0.39, 0.29) is 17.3 Å². The second-order valence-corrected chi connectivity index (χ2v) is 4.90. The number of hydrogen-bond acceptors (Lipinski definition) is 5. The number of nitrogens with zero attached hydrogens (tertiary/aromatic N) is 2. The van der Waals surface area contributed by atoms with E-state index in [0.29, 0.717) is 10.0 Å². The maximum atomic E-state index is 10.8. The minimum absolute atomic E-state index is 0.0854. The highest BCUT2D eigenvalue weighted by atomic mass is 79.9. The normalized spacial score (nSPS) is 11.9. The van der Waals surface area contributed by atoms with Crippen molar-refractivity contribution in [3.63, 3.8) is 0 Å². The molecule has 0 amide bonds. The third kappa shape index (κ3) is 3.12. The number of nitro benzene ring substituents is 1. The molecule has 104 valence electrons. The summed E-state index contributed by atoms with van der Waals surface area (Å²) in [6.45, 7) is 1.59. The van der Waals surface area contributed by atoms with Crippen molar-refractivity contribution < 1.29 is 14.8 Å². The monoisotopic (exact) mass is 338 g/mol. The summed E-state index contributed by atoms with van der Waals surface area (Å²) < 4.78 is 6.13. The number of pyridine rings is 1. The van der Waals surface area contributed by atoms with E-state index in [1.165, 1.54) is 24.4 Å². The van der Waals surface area contributed by atoms with Gasteiger partial charge in [0.15, 0.2) is 5.75 Å². The summed E-state index contributed by atoms with van der Waals surface area (Å²) in [4.78, 5) is 14.3. The highest BCUT2D eigenvalue weighted by Gasteiger charge is 2.15. The first-order valence-corrected chi connectivity index (χ1v) is 6.53. The lowest BCUT2D eigenvalue weighted by Crippen LogP contribution is -1.99. The van der Waals surface area contributed by atoms with Crippen LogP contribution in [0.3, 0.4) is 0 Å². The van der Waals surface area contributed by atoms with Crippen LogP contribution in [0.5, 0.6) is 11.6 Å². The first-order chi connectivity index (χ1) is 9.49. The van der Waals surface area contributed by atoms with Crippen LogP contribution in [-0.4, -0.2) is 15.0 Å². The lowest BCUT2D eigenvalue weighted by atomic mass is 10.2. The highest BCUT2D eigenvalue weighted by molar-refractivity contribution is 9.10. The quantitative estimate of drug-likeness (QED) is 0.679. The van der Waals surface area contributed by atoms with Gasteiger partial charge in [-0.2, -0.15) is 0 Å². The Labute approximate surface area is 123 Å². The zero-order valence-electron chi connectivity index (χ0n) is 10.5. The molecule has 0 bridgehead atoms. The summed E-state index contributed by atoms with van der Waals surface area (Å²) in [6, 6.07) is 7.55. The molecule has 0 aliphatic carbocycles. The minimum Gasteiger partial charge on any atom is -0.437 e. The van der Waals surface area contributed by atoms with Gasteiger partial charge in [0.2, 0.25) is 5.88 Å². The average Bonchev–Trinajstić information content (AvgIpc) is 2.41. The Morgan fingerprint density at radius 2 is 2.20 bits per heavy atom. The fourth-order valence-corrected chi connectivity index (χ4v) is 1.92. The molecule has 0 aliphatic rings. The molecule has 6 nitrogen and oxygen atoms in total. The van der Waals surface area contributed by atoms with Crippen molar-refractivity contribution in [1.82, 2.24) is 4.98 Å². The molecule has 2 rings (SSSR count). The van der Waals surface area contributed by atoms with Crippen LogP contribution in [0, 0.1) is 10.1 Å². The number of aromatic nitrogens is 1. The van der Waals surface area contributed by atoms with Crippen LogP contribution < -0.4 is 4.74 Å². The van der Waals surface area contributed by atoms with Gasteiger partial charge in [-0.05, 0) is 41.1 Å². The number of rotatable bonds is 4. The average molecular weight is 339 g/mol. The van der Waals surface area contributed by atoms with Gasteiger partial charge in [-0.3, -0.25) is 10.1 Å². The number of non-ortho nitro benzene ring substituents is 1. The molecule has 1 heterocycles. The van der Waals surface area contributed by atoms with Crippen LogP contribution in [0.4, 0.5) is 5.69 Å². The molecule has 0 aliphatic heterocycles. The maximum Gasteiger partial charge on any atom is 0.273 e. The summed E-state index contributed by atoms with van der Waals surface area (Å²) in [5.41, 5.74) is 0.420. The standard InChI is InChI=1S/C13H11BrN2O4/c1-8(17)10-3-2-6-15-13(10)20-12-7-9(16(18)19)4-5-11(12)14/h2-8,17H,1H3/t8-/m1/s1. The highest BCUT2D eigenvalue weighted by Crippen LogP contribution is 2.34. The van der Waals surface area contributed by atoms with E-state index < -0.39 is 11.0 Å². The Hall–Kier alpha value is -1.99. The molecule has 7 heteroatoms. The number of halogens is 1. The summed E-state index contributed by atoms with van der Waals surface area (Å²) >= 11 is 3.26. The number of aliphatic hydroxyl groups excluding tert-OH is 1. The zero-order chi connectivity index (χ0) is 14.7. The van der Waals surface area contributed by atoms with Gasteiger partial charge in [-0.1, -0.05) is 0 Å². The van der Waals surface area contributed by atoms with Crippen molar-refractivity contribution in [1.29, 1.82) is 0 Å². The molecule has 1 N–H and O–H groups in total. The van der Waals surface area contributed by atoms with Gasteiger partial charge in [-0.25, -0.2) is 4.98 Å². The van der Waals surface area contributed by atoms with E-state index in [9.17, 15) is 15.2 Å².